The molecular formula is C13H14F3N5. The largest absolute Gasteiger partial charge is 0.418 e. The first-order valence-corrected chi connectivity index (χ1v) is 6.22. The maximum Gasteiger partial charge on any atom is 0.418 e. The predicted molar refractivity (Wildman–Crippen MR) is 75.3 cm³/mol. The summed E-state index contributed by atoms with van der Waals surface area (Å²) in [4.78, 5) is 7.81. The van der Waals surface area contributed by atoms with Crippen LogP contribution in [0.5, 0.6) is 0 Å². The average molecular weight is 297 g/mol. The number of rotatable bonds is 4. The van der Waals surface area contributed by atoms with E-state index in [0.29, 0.717) is 12.4 Å². The number of nitrogens with two attached hydrogens (primary N) is 1. The number of alkyl halides is 3. The Morgan fingerprint density at radius 1 is 1.14 bits per heavy atom. The Bertz CT molecular complexity index is 627. The van der Waals surface area contributed by atoms with Crippen LogP contribution in [0.15, 0.2) is 30.3 Å². The smallest absolute Gasteiger partial charge is 0.370 e. The fourth-order valence-corrected chi connectivity index (χ4v) is 1.78. The lowest BCUT2D eigenvalue weighted by molar-refractivity contribution is -0.136. The summed E-state index contributed by atoms with van der Waals surface area (Å²) in [7, 11) is 0. The molecule has 5 nitrogen and oxygen atoms in total. The van der Waals surface area contributed by atoms with Crippen LogP contribution in [0.2, 0.25) is 0 Å². The molecule has 0 fully saturated rings. The second kappa shape index (κ2) is 5.86. The van der Waals surface area contributed by atoms with E-state index in [1.807, 2.05) is 6.92 Å². The van der Waals surface area contributed by atoms with E-state index in [9.17, 15) is 13.2 Å². The van der Waals surface area contributed by atoms with E-state index in [1.165, 1.54) is 24.3 Å². The van der Waals surface area contributed by atoms with Crippen molar-refractivity contribution in [3.05, 3.63) is 35.9 Å². The number of aromatic nitrogens is 2. The Labute approximate surface area is 119 Å². The van der Waals surface area contributed by atoms with Gasteiger partial charge in [-0.2, -0.15) is 23.1 Å². The van der Waals surface area contributed by atoms with Crippen molar-refractivity contribution in [1.82, 2.24) is 9.97 Å². The zero-order valence-corrected chi connectivity index (χ0v) is 11.2. The summed E-state index contributed by atoms with van der Waals surface area (Å²) in [6.45, 7) is 2.47. The van der Waals surface area contributed by atoms with E-state index in [1.54, 1.807) is 0 Å². The van der Waals surface area contributed by atoms with E-state index in [2.05, 4.69) is 20.6 Å². The summed E-state index contributed by atoms with van der Waals surface area (Å²) < 4.78 is 38.8. The number of nitrogen functional groups attached to an aromatic ring is 1. The molecule has 1 heterocycles. The van der Waals surface area contributed by atoms with Gasteiger partial charge in [0.25, 0.3) is 0 Å². The van der Waals surface area contributed by atoms with E-state index in [4.69, 9.17) is 5.73 Å². The number of hydrogen-bond acceptors (Lipinski definition) is 5. The lowest BCUT2D eigenvalue weighted by Gasteiger charge is -2.14. The maximum absolute atomic E-state index is 12.9. The van der Waals surface area contributed by atoms with Crippen LogP contribution in [0.3, 0.4) is 0 Å². The van der Waals surface area contributed by atoms with Crippen LogP contribution in [-0.4, -0.2) is 16.5 Å². The first kappa shape index (κ1) is 14.9. The maximum atomic E-state index is 12.9. The van der Waals surface area contributed by atoms with Gasteiger partial charge in [-0.05, 0) is 19.1 Å². The zero-order chi connectivity index (χ0) is 15.5. The number of nitrogens with one attached hydrogen (secondary N) is 2. The van der Waals surface area contributed by atoms with E-state index < -0.39 is 11.7 Å². The molecule has 21 heavy (non-hydrogen) atoms. The molecule has 0 amide bonds. The van der Waals surface area contributed by atoms with Crippen LogP contribution in [0.4, 0.5) is 36.4 Å². The third-order valence-electron chi connectivity index (χ3n) is 2.60. The minimum absolute atomic E-state index is 0.0274. The van der Waals surface area contributed by atoms with Crippen molar-refractivity contribution in [2.75, 3.05) is 22.9 Å². The quantitative estimate of drug-likeness (QED) is 0.807. The SMILES string of the molecule is CCNc1cc(Nc2ccccc2C(F)(F)F)nc(N)n1. The van der Waals surface area contributed by atoms with E-state index in [-0.39, 0.29) is 17.5 Å². The lowest BCUT2D eigenvalue weighted by atomic mass is 10.1. The van der Waals surface area contributed by atoms with Gasteiger partial charge in [0.05, 0.1) is 11.3 Å². The minimum atomic E-state index is -4.45. The minimum Gasteiger partial charge on any atom is -0.370 e. The van der Waals surface area contributed by atoms with Crippen molar-refractivity contribution in [2.24, 2.45) is 0 Å². The van der Waals surface area contributed by atoms with Gasteiger partial charge < -0.3 is 16.4 Å². The molecule has 2 rings (SSSR count). The Hall–Kier alpha value is -2.51. The van der Waals surface area contributed by atoms with Crippen LogP contribution in [0.25, 0.3) is 0 Å². The van der Waals surface area contributed by atoms with Gasteiger partial charge in [0.1, 0.15) is 11.6 Å². The second-order valence-corrected chi connectivity index (χ2v) is 4.20. The molecule has 0 spiro atoms. The van der Waals surface area contributed by atoms with Crippen molar-refractivity contribution in [3.63, 3.8) is 0 Å². The Kier molecular flexibility index (Phi) is 4.15. The summed E-state index contributed by atoms with van der Waals surface area (Å²) in [6, 6.07) is 6.65. The molecule has 0 saturated carbocycles. The highest BCUT2D eigenvalue weighted by Gasteiger charge is 2.33. The topological polar surface area (TPSA) is 75.9 Å². The Morgan fingerprint density at radius 3 is 2.48 bits per heavy atom. The fraction of sp³-hybridized carbons (Fsp3) is 0.231. The van der Waals surface area contributed by atoms with E-state index in [0.717, 1.165) is 6.07 Å². The van der Waals surface area contributed by atoms with Gasteiger partial charge in [0.15, 0.2) is 0 Å². The number of hydrogen-bond donors (Lipinski definition) is 3. The Morgan fingerprint density at radius 2 is 1.81 bits per heavy atom. The molecule has 0 aliphatic heterocycles. The molecule has 0 atom stereocenters. The molecule has 8 heteroatoms. The van der Waals surface area contributed by atoms with Crippen LogP contribution in [0.1, 0.15) is 12.5 Å². The number of benzene rings is 1. The van der Waals surface area contributed by atoms with Gasteiger partial charge in [-0.1, -0.05) is 12.1 Å². The summed E-state index contributed by atoms with van der Waals surface area (Å²) in [5, 5.41) is 5.55. The molecule has 0 radical (unpaired) electrons. The highest BCUT2D eigenvalue weighted by Crippen LogP contribution is 2.35. The van der Waals surface area contributed by atoms with Crippen molar-refractivity contribution >= 4 is 23.3 Å². The van der Waals surface area contributed by atoms with Gasteiger partial charge >= 0.3 is 6.18 Å². The number of nitrogens with zero attached hydrogens (tertiary/aromatic N) is 2. The zero-order valence-electron chi connectivity index (χ0n) is 11.2. The Balaban J connectivity index is 2.35. The summed E-state index contributed by atoms with van der Waals surface area (Å²) in [6.07, 6.45) is -4.45. The molecule has 0 saturated heterocycles. The molecule has 0 aliphatic rings. The standard InChI is InChI=1S/C13H14F3N5/c1-2-18-10-7-11(21-12(17)20-10)19-9-6-4-3-5-8(9)13(14,15)16/h3-7H,2H2,1H3,(H4,17,18,19,20,21). The number of anilines is 4. The van der Waals surface area contributed by atoms with Crippen molar-refractivity contribution in [1.29, 1.82) is 0 Å². The lowest BCUT2D eigenvalue weighted by Crippen LogP contribution is -2.10. The first-order chi connectivity index (χ1) is 9.90. The number of para-hydroxylation sites is 1. The molecule has 1 aromatic heterocycles. The van der Waals surface area contributed by atoms with Gasteiger partial charge in [0, 0.05) is 12.6 Å². The third kappa shape index (κ3) is 3.74. The monoisotopic (exact) mass is 297 g/mol. The van der Waals surface area contributed by atoms with Gasteiger partial charge in [0.2, 0.25) is 5.95 Å². The average Bonchev–Trinajstić information content (AvgIpc) is 2.37. The normalized spacial score (nSPS) is 11.2. The molecule has 2 aromatic rings. The van der Waals surface area contributed by atoms with Gasteiger partial charge in [-0.25, -0.2) is 0 Å². The predicted octanol–water partition coefficient (Wildman–Crippen LogP) is 3.25. The number of halogens is 3. The van der Waals surface area contributed by atoms with Crippen molar-refractivity contribution < 1.29 is 13.2 Å². The molecule has 0 aliphatic carbocycles. The molecule has 1 aromatic carbocycles. The van der Waals surface area contributed by atoms with Crippen molar-refractivity contribution in [2.45, 2.75) is 13.1 Å². The van der Waals surface area contributed by atoms with Crippen molar-refractivity contribution in [3.8, 4) is 0 Å². The molecule has 0 bridgehead atoms. The van der Waals surface area contributed by atoms with Crippen LogP contribution in [0, 0.1) is 0 Å². The molecular weight excluding hydrogens is 283 g/mol. The summed E-state index contributed by atoms with van der Waals surface area (Å²) in [5.41, 5.74) is 4.68. The molecule has 112 valence electrons. The van der Waals surface area contributed by atoms with Crippen LogP contribution < -0.4 is 16.4 Å². The highest BCUT2D eigenvalue weighted by molar-refractivity contribution is 5.64. The van der Waals surface area contributed by atoms with Crippen LogP contribution >= 0.6 is 0 Å². The molecule has 4 N–H and O–H groups in total. The van der Waals surface area contributed by atoms with Crippen LogP contribution in [-0.2, 0) is 6.18 Å². The highest BCUT2D eigenvalue weighted by atomic mass is 19.4. The second-order valence-electron chi connectivity index (χ2n) is 4.20. The first-order valence-electron chi connectivity index (χ1n) is 6.22. The van der Waals surface area contributed by atoms with E-state index >= 15 is 0 Å². The fourth-order valence-electron chi connectivity index (χ4n) is 1.78. The summed E-state index contributed by atoms with van der Waals surface area (Å²) >= 11 is 0. The van der Waals surface area contributed by atoms with Gasteiger partial charge in [-0.3, -0.25) is 0 Å². The third-order valence-corrected chi connectivity index (χ3v) is 2.60. The molecule has 0 unspecified atom stereocenters. The summed E-state index contributed by atoms with van der Waals surface area (Å²) in [5.74, 6) is 0.604. The van der Waals surface area contributed by atoms with Gasteiger partial charge in [-0.15, -0.1) is 0 Å².